The molecule has 0 aliphatic heterocycles. The number of aromatic amines is 2. The lowest BCUT2D eigenvalue weighted by molar-refractivity contribution is -0.142. The van der Waals surface area contributed by atoms with Crippen molar-refractivity contribution in [3.05, 3.63) is 72.1 Å². The third-order valence-electron chi connectivity index (χ3n) is 7.79. The van der Waals surface area contributed by atoms with Gasteiger partial charge in [-0.1, -0.05) is 36.4 Å². The molecule has 4 unspecified atom stereocenters. The third-order valence-corrected chi connectivity index (χ3v) is 7.79. The highest BCUT2D eigenvalue weighted by molar-refractivity contribution is 5.95. The molecule has 4 atom stereocenters. The maximum absolute atomic E-state index is 13.8. The van der Waals surface area contributed by atoms with E-state index in [9.17, 15) is 33.9 Å². The minimum absolute atomic E-state index is 0.00190. The summed E-state index contributed by atoms with van der Waals surface area (Å²) in [5, 5.41) is 18.8. The van der Waals surface area contributed by atoms with Crippen molar-refractivity contribution in [2.24, 2.45) is 17.2 Å². The molecule has 47 heavy (non-hydrogen) atoms. The van der Waals surface area contributed by atoms with E-state index in [1.165, 1.54) is 0 Å². The van der Waals surface area contributed by atoms with Crippen LogP contribution < -0.4 is 33.2 Å². The number of aliphatic carboxylic acids is 1. The second-order valence-electron chi connectivity index (χ2n) is 11.3. The molecule has 0 saturated carbocycles. The van der Waals surface area contributed by atoms with E-state index in [0.29, 0.717) is 5.56 Å². The molecule has 0 aliphatic carbocycles. The summed E-state index contributed by atoms with van der Waals surface area (Å²) in [5.74, 6) is -5.27. The lowest BCUT2D eigenvalue weighted by Crippen LogP contribution is -2.58. The van der Waals surface area contributed by atoms with Gasteiger partial charge in [-0.05, 0) is 42.5 Å². The van der Waals surface area contributed by atoms with Crippen LogP contribution >= 0.6 is 0 Å². The van der Waals surface area contributed by atoms with Crippen LogP contribution in [0.5, 0.6) is 0 Å². The molecule has 0 radical (unpaired) electrons. The summed E-state index contributed by atoms with van der Waals surface area (Å²) >= 11 is 0. The van der Waals surface area contributed by atoms with Crippen molar-refractivity contribution in [1.82, 2.24) is 25.9 Å². The number of nitrogens with two attached hydrogens (primary N) is 3. The Bertz CT molecular complexity index is 1780. The van der Waals surface area contributed by atoms with Gasteiger partial charge in [0.05, 0.1) is 6.04 Å². The highest BCUT2D eigenvalue weighted by atomic mass is 16.4. The van der Waals surface area contributed by atoms with Crippen LogP contribution in [0.1, 0.15) is 36.8 Å². The Morgan fingerprint density at radius 2 is 1.09 bits per heavy atom. The Hall–Kier alpha value is -5.70. The van der Waals surface area contributed by atoms with Gasteiger partial charge < -0.3 is 48.2 Å². The summed E-state index contributed by atoms with van der Waals surface area (Å²) in [4.78, 5) is 81.2. The summed E-state index contributed by atoms with van der Waals surface area (Å²) in [6, 6.07) is 9.74. The predicted molar refractivity (Wildman–Crippen MR) is 172 cm³/mol. The Labute approximate surface area is 269 Å². The van der Waals surface area contributed by atoms with E-state index in [-0.39, 0.29) is 38.5 Å². The second kappa shape index (κ2) is 15.5. The van der Waals surface area contributed by atoms with Gasteiger partial charge >= 0.3 is 5.97 Å². The quantitative estimate of drug-likeness (QED) is 0.0741. The number of carbonyl (C=O) groups is 6. The first kappa shape index (κ1) is 34.2. The lowest BCUT2D eigenvalue weighted by Gasteiger charge is -2.25. The number of aromatic nitrogens is 2. The number of amides is 5. The average molecular weight is 647 g/mol. The molecule has 0 spiro atoms. The zero-order valence-corrected chi connectivity index (χ0v) is 25.5. The summed E-state index contributed by atoms with van der Waals surface area (Å²) in [6.45, 7) is 0. The van der Waals surface area contributed by atoms with Gasteiger partial charge in [0.2, 0.25) is 29.5 Å². The standard InChI is InChI=1S/C32H38N8O7/c33-21(13-17-15-36-22-7-3-1-5-19(17)22)29(43)40-26(14-18-16-37-23-8-4-2-6-20(18)23)31(45)38-24(9-11-27(34)41)30(44)39-25(32(46)47)10-12-28(35)42/h1-8,15-16,21,24-26,36-37H,9-14,33H2,(H2,34,41)(H2,35,42)(H,38,45)(H,39,44)(H,40,43)(H,46,47). The Balaban J connectivity index is 1.55. The Morgan fingerprint density at radius 1 is 0.638 bits per heavy atom. The summed E-state index contributed by atoms with van der Waals surface area (Å²) in [5.41, 5.74) is 19.9. The summed E-state index contributed by atoms with van der Waals surface area (Å²) in [7, 11) is 0. The topological polar surface area (TPSA) is 268 Å². The minimum Gasteiger partial charge on any atom is -0.480 e. The number of nitrogens with one attached hydrogen (secondary N) is 5. The number of carboxylic acid groups (broad SMARTS) is 1. The van der Waals surface area contributed by atoms with Crippen LogP contribution in [-0.2, 0) is 41.6 Å². The number of carbonyl (C=O) groups excluding carboxylic acids is 5. The van der Waals surface area contributed by atoms with E-state index in [4.69, 9.17) is 17.2 Å². The maximum atomic E-state index is 13.8. The van der Waals surface area contributed by atoms with E-state index in [0.717, 1.165) is 27.4 Å². The molecule has 0 bridgehead atoms. The van der Waals surface area contributed by atoms with Gasteiger partial charge in [0.1, 0.15) is 18.1 Å². The number of H-pyrrole nitrogens is 2. The SMILES string of the molecule is NC(=O)CCC(NC(=O)C(CCC(N)=O)NC(=O)C(Cc1c[nH]c2ccccc12)NC(=O)C(N)Cc1c[nH]c2ccccc12)C(=O)O. The van der Waals surface area contributed by atoms with Gasteiger partial charge in [-0.3, -0.25) is 24.0 Å². The Morgan fingerprint density at radius 3 is 1.62 bits per heavy atom. The largest absolute Gasteiger partial charge is 0.480 e. The number of benzene rings is 2. The fourth-order valence-electron chi connectivity index (χ4n) is 5.28. The first-order valence-corrected chi connectivity index (χ1v) is 15.0. The molecule has 248 valence electrons. The summed E-state index contributed by atoms with van der Waals surface area (Å²) in [6.07, 6.45) is 2.47. The Kier molecular flexibility index (Phi) is 11.3. The lowest BCUT2D eigenvalue weighted by atomic mass is 10.0. The highest BCUT2D eigenvalue weighted by Crippen LogP contribution is 2.21. The van der Waals surface area contributed by atoms with Crippen LogP contribution in [0, 0.1) is 0 Å². The van der Waals surface area contributed by atoms with Gasteiger partial charge in [-0.2, -0.15) is 0 Å². The molecule has 15 heteroatoms. The third kappa shape index (κ3) is 9.17. The monoisotopic (exact) mass is 646 g/mol. The van der Waals surface area contributed by atoms with E-state index in [1.54, 1.807) is 12.4 Å². The van der Waals surface area contributed by atoms with Crippen molar-refractivity contribution in [2.75, 3.05) is 0 Å². The molecular formula is C32H38N8O7. The van der Waals surface area contributed by atoms with Crippen molar-refractivity contribution in [1.29, 1.82) is 0 Å². The first-order chi connectivity index (χ1) is 22.4. The van der Waals surface area contributed by atoms with Gasteiger partial charge in [0, 0.05) is 53.5 Å². The fraction of sp³-hybridized carbons (Fsp3) is 0.312. The summed E-state index contributed by atoms with van der Waals surface area (Å²) < 4.78 is 0. The molecule has 12 N–H and O–H groups in total. The van der Waals surface area contributed by atoms with Crippen LogP contribution in [-0.4, -0.2) is 74.7 Å². The predicted octanol–water partition coefficient (Wildman–Crippen LogP) is -0.168. The second-order valence-corrected chi connectivity index (χ2v) is 11.3. The number of primary amides is 2. The minimum atomic E-state index is -1.49. The van der Waals surface area contributed by atoms with Crippen LogP contribution in [0.4, 0.5) is 0 Å². The van der Waals surface area contributed by atoms with E-state index in [2.05, 4.69) is 25.9 Å². The molecule has 5 amide bonds. The zero-order valence-electron chi connectivity index (χ0n) is 25.5. The van der Waals surface area contributed by atoms with Crippen molar-refractivity contribution in [3.63, 3.8) is 0 Å². The number of carboxylic acids is 1. The zero-order chi connectivity index (χ0) is 34.1. The average Bonchev–Trinajstić information content (AvgIpc) is 3.64. The smallest absolute Gasteiger partial charge is 0.326 e. The number of fused-ring (bicyclic) bond motifs is 2. The number of hydrogen-bond donors (Lipinski definition) is 9. The van der Waals surface area contributed by atoms with Crippen molar-refractivity contribution in [3.8, 4) is 0 Å². The normalized spacial score (nSPS) is 13.7. The molecule has 2 aromatic carbocycles. The molecule has 4 aromatic rings. The van der Waals surface area contributed by atoms with Gasteiger partial charge in [0.25, 0.3) is 0 Å². The molecule has 4 rings (SSSR count). The number of hydrogen-bond acceptors (Lipinski definition) is 7. The van der Waals surface area contributed by atoms with E-state index < -0.39 is 59.7 Å². The van der Waals surface area contributed by atoms with Gasteiger partial charge in [0.15, 0.2) is 0 Å². The molecule has 2 aromatic heterocycles. The maximum Gasteiger partial charge on any atom is 0.326 e. The van der Waals surface area contributed by atoms with E-state index >= 15 is 0 Å². The van der Waals surface area contributed by atoms with Crippen molar-refractivity contribution < 1.29 is 33.9 Å². The van der Waals surface area contributed by atoms with Crippen molar-refractivity contribution >= 4 is 57.3 Å². The fourth-order valence-corrected chi connectivity index (χ4v) is 5.28. The highest BCUT2D eigenvalue weighted by Gasteiger charge is 2.31. The first-order valence-electron chi connectivity index (χ1n) is 15.0. The molecule has 0 fully saturated rings. The van der Waals surface area contributed by atoms with Crippen molar-refractivity contribution in [2.45, 2.75) is 62.7 Å². The molecule has 0 saturated heterocycles. The number of para-hydroxylation sites is 2. The molecule has 2 heterocycles. The van der Waals surface area contributed by atoms with E-state index in [1.807, 2.05) is 48.5 Å². The van der Waals surface area contributed by atoms with Crippen LogP contribution in [0.15, 0.2) is 60.9 Å². The molecular weight excluding hydrogens is 608 g/mol. The molecule has 15 nitrogen and oxygen atoms in total. The van der Waals surface area contributed by atoms with Gasteiger partial charge in [-0.25, -0.2) is 4.79 Å². The van der Waals surface area contributed by atoms with Crippen LogP contribution in [0.2, 0.25) is 0 Å². The molecule has 0 aliphatic rings. The van der Waals surface area contributed by atoms with Crippen LogP contribution in [0.3, 0.4) is 0 Å². The van der Waals surface area contributed by atoms with Crippen LogP contribution in [0.25, 0.3) is 21.8 Å². The van der Waals surface area contributed by atoms with Gasteiger partial charge in [-0.15, -0.1) is 0 Å². The number of rotatable bonds is 17.